The number of nitro groups is 2. The quantitative estimate of drug-likeness (QED) is 0.335. The average Bonchev–Trinajstić information content (AvgIpc) is 3.02. The van der Waals surface area contributed by atoms with Gasteiger partial charge in [-0.1, -0.05) is 12.1 Å². The Kier molecular flexibility index (Phi) is 4.86. The van der Waals surface area contributed by atoms with Crippen LogP contribution in [0.3, 0.4) is 0 Å². The van der Waals surface area contributed by atoms with E-state index in [9.17, 15) is 25.0 Å². The zero-order valence-corrected chi connectivity index (χ0v) is 14.7. The van der Waals surface area contributed by atoms with Crippen LogP contribution in [0.2, 0.25) is 0 Å². The third-order valence-electron chi connectivity index (χ3n) is 3.98. The summed E-state index contributed by atoms with van der Waals surface area (Å²) in [5, 5.41) is 22.2. The highest BCUT2D eigenvalue weighted by Crippen LogP contribution is 2.30. The number of cyclic esters (lactones) is 1. The van der Waals surface area contributed by atoms with E-state index >= 15 is 0 Å². The number of nitro benzene ring substituents is 2. The number of hydrogen-bond donors (Lipinski definition) is 0. The summed E-state index contributed by atoms with van der Waals surface area (Å²) in [7, 11) is 1.30. The minimum absolute atomic E-state index is 0.0569. The van der Waals surface area contributed by atoms with E-state index < -0.39 is 15.8 Å². The fraction of sp³-hybridized carbons (Fsp3) is 0.111. The van der Waals surface area contributed by atoms with Gasteiger partial charge in [-0.25, -0.2) is 9.79 Å². The van der Waals surface area contributed by atoms with Gasteiger partial charge in [0, 0.05) is 23.3 Å². The van der Waals surface area contributed by atoms with Crippen molar-refractivity contribution in [3.8, 4) is 5.75 Å². The van der Waals surface area contributed by atoms with Gasteiger partial charge in [0.2, 0.25) is 5.90 Å². The number of carbonyl (C=O) groups excluding carboxylic acids is 1. The summed E-state index contributed by atoms with van der Waals surface area (Å²) in [5.74, 6) is -0.818. The third-order valence-corrected chi connectivity index (χ3v) is 3.98. The molecule has 1 aliphatic rings. The molecule has 0 N–H and O–H groups in total. The molecule has 28 heavy (non-hydrogen) atoms. The SMILES string of the molecule is COc1ccc(C2=N/C(=C/c3ccc(C)c([N+](=O)[O-])c3)C(=O)O2)cc1[N+](=O)[O-]. The van der Waals surface area contributed by atoms with Crippen LogP contribution in [-0.2, 0) is 9.53 Å². The molecule has 0 saturated heterocycles. The fourth-order valence-corrected chi connectivity index (χ4v) is 2.57. The summed E-state index contributed by atoms with van der Waals surface area (Å²) in [6.07, 6.45) is 1.35. The van der Waals surface area contributed by atoms with Gasteiger partial charge in [-0.2, -0.15) is 0 Å². The molecule has 2 aromatic rings. The number of aryl methyl sites for hydroxylation is 1. The molecule has 0 amide bonds. The van der Waals surface area contributed by atoms with E-state index in [4.69, 9.17) is 9.47 Å². The average molecular weight is 383 g/mol. The van der Waals surface area contributed by atoms with Gasteiger partial charge in [-0.15, -0.1) is 0 Å². The predicted octanol–water partition coefficient (Wildman–Crippen LogP) is 3.16. The van der Waals surface area contributed by atoms with Crippen molar-refractivity contribution in [1.29, 1.82) is 0 Å². The second-order valence-corrected chi connectivity index (χ2v) is 5.78. The Bertz CT molecular complexity index is 1070. The molecule has 0 aromatic heterocycles. The summed E-state index contributed by atoms with van der Waals surface area (Å²) < 4.78 is 10.0. The van der Waals surface area contributed by atoms with Gasteiger partial charge in [0.1, 0.15) is 0 Å². The zero-order valence-electron chi connectivity index (χ0n) is 14.7. The number of esters is 1. The molecule has 0 radical (unpaired) electrons. The number of methoxy groups -OCH3 is 1. The number of carbonyl (C=O) groups is 1. The maximum absolute atomic E-state index is 12.1. The fourth-order valence-electron chi connectivity index (χ4n) is 2.57. The number of rotatable bonds is 5. The highest BCUT2D eigenvalue weighted by Gasteiger charge is 2.27. The van der Waals surface area contributed by atoms with Gasteiger partial charge >= 0.3 is 11.7 Å². The lowest BCUT2D eigenvalue weighted by molar-refractivity contribution is -0.385. The molecule has 0 unspecified atom stereocenters. The second kappa shape index (κ2) is 7.27. The molecule has 0 saturated carbocycles. The molecule has 1 heterocycles. The molecule has 10 heteroatoms. The first-order valence-electron chi connectivity index (χ1n) is 7.90. The summed E-state index contributed by atoms with van der Waals surface area (Å²) in [4.78, 5) is 37.2. The van der Waals surface area contributed by atoms with Crippen LogP contribution < -0.4 is 4.74 Å². The smallest absolute Gasteiger partial charge is 0.363 e. The minimum atomic E-state index is -0.767. The van der Waals surface area contributed by atoms with E-state index in [0.717, 1.165) is 0 Å². The number of hydrogen-bond acceptors (Lipinski definition) is 8. The summed E-state index contributed by atoms with van der Waals surface area (Å²) >= 11 is 0. The van der Waals surface area contributed by atoms with Crippen LogP contribution in [0.4, 0.5) is 11.4 Å². The van der Waals surface area contributed by atoms with Gasteiger partial charge in [0.25, 0.3) is 5.69 Å². The van der Waals surface area contributed by atoms with E-state index in [2.05, 4.69) is 4.99 Å². The molecule has 2 aromatic carbocycles. The van der Waals surface area contributed by atoms with E-state index in [1.807, 2.05) is 0 Å². The Morgan fingerprint density at radius 3 is 2.43 bits per heavy atom. The maximum atomic E-state index is 12.1. The molecule has 0 spiro atoms. The number of benzene rings is 2. The molecular weight excluding hydrogens is 370 g/mol. The lowest BCUT2D eigenvalue weighted by Gasteiger charge is -2.03. The van der Waals surface area contributed by atoms with Crippen molar-refractivity contribution in [2.45, 2.75) is 6.92 Å². The third kappa shape index (κ3) is 3.56. The maximum Gasteiger partial charge on any atom is 0.363 e. The number of aliphatic imine (C=N–C) groups is 1. The number of nitrogens with zero attached hydrogens (tertiary/aromatic N) is 3. The van der Waals surface area contributed by atoms with Gasteiger partial charge in [0.15, 0.2) is 11.4 Å². The number of ether oxygens (including phenoxy) is 2. The van der Waals surface area contributed by atoms with Crippen LogP contribution in [0.15, 0.2) is 47.1 Å². The van der Waals surface area contributed by atoms with E-state index in [0.29, 0.717) is 11.1 Å². The predicted molar refractivity (Wildman–Crippen MR) is 98.1 cm³/mol. The monoisotopic (exact) mass is 383 g/mol. The van der Waals surface area contributed by atoms with Crippen LogP contribution in [0.5, 0.6) is 5.75 Å². The molecule has 3 rings (SSSR count). The van der Waals surface area contributed by atoms with Crippen molar-refractivity contribution in [2.24, 2.45) is 4.99 Å². The first kappa shape index (κ1) is 18.7. The summed E-state index contributed by atoms with van der Waals surface area (Å²) in [5.41, 5.74) is 0.637. The Morgan fingerprint density at radius 1 is 1.07 bits per heavy atom. The standard InChI is InChI=1S/C18H13N3O7/c1-10-3-4-11(8-14(10)20(23)24)7-13-18(22)28-17(19-13)12-5-6-16(27-2)15(9-12)21(25)26/h3-9H,1-2H3/b13-7+. The lowest BCUT2D eigenvalue weighted by atomic mass is 10.1. The van der Waals surface area contributed by atoms with Gasteiger partial charge in [0.05, 0.1) is 17.0 Å². The van der Waals surface area contributed by atoms with Crippen LogP contribution in [0, 0.1) is 27.2 Å². The van der Waals surface area contributed by atoms with Crippen LogP contribution in [0.25, 0.3) is 6.08 Å². The second-order valence-electron chi connectivity index (χ2n) is 5.78. The van der Waals surface area contributed by atoms with E-state index in [1.165, 1.54) is 37.5 Å². The van der Waals surface area contributed by atoms with E-state index in [-0.39, 0.29) is 34.3 Å². The molecule has 1 aliphatic heterocycles. The first-order valence-corrected chi connectivity index (χ1v) is 7.90. The van der Waals surface area contributed by atoms with Crippen molar-refractivity contribution < 1.29 is 24.1 Å². The summed E-state index contributed by atoms with van der Waals surface area (Å²) in [6.45, 7) is 1.60. The molecule has 0 fully saturated rings. The Morgan fingerprint density at radius 2 is 1.79 bits per heavy atom. The topological polar surface area (TPSA) is 134 Å². The van der Waals surface area contributed by atoms with Crippen molar-refractivity contribution in [1.82, 2.24) is 0 Å². The first-order chi connectivity index (χ1) is 13.3. The largest absolute Gasteiger partial charge is 0.490 e. The van der Waals surface area contributed by atoms with E-state index in [1.54, 1.807) is 19.1 Å². The van der Waals surface area contributed by atoms with Crippen molar-refractivity contribution in [3.05, 3.63) is 79.0 Å². The molecule has 142 valence electrons. The van der Waals surface area contributed by atoms with Crippen molar-refractivity contribution in [2.75, 3.05) is 7.11 Å². The molecular formula is C18H13N3O7. The Hall–Kier alpha value is -4.08. The zero-order chi connectivity index (χ0) is 20.4. The van der Waals surface area contributed by atoms with Crippen LogP contribution in [0.1, 0.15) is 16.7 Å². The van der Waals surface area contributed by atoms with Crippen LogP contribution in [-0.4, -0.2) is 28.8 Å². The normalized spacial score (nSPS) is 14.6. The molecule has 0 atom stereocenters. The van der Waals surface area contributed by atoms with Gasteiger partial charge in [-0.05, 0) is 30.7 Å². The lowest BCUT2D eigenvalue weighted by Crippen LogP contribution is -2.06. The Balaban J connectivity index is 1.99. The van der Waals surface area contributed by atoms with Gasteiger partial charge < -0.3 is 9.47 Å². The van der Waals surface area contributed by atoms with Gasteiger partial charge in [-0.3, -0.25) is 20.2 Å². The van der Waals surface area contributed by atoms with Crippen molar-refractivity contribution >= 4 is 29.3 Å². The molecule has 0 bridgehead atoms. The highest BCUT2D eigenvalue weighted by molar-refractivity contribution is 6.13. The highest BCUT2D eigenvalue weighted by atomic mass is 16.6. The summed E-state index contributed by atoms with van der Waals surface area (Å²) in [6, 6.07) is 8.51. The van der Waals surface area contributed by atoms with Crippen LogP contribution >= 0.6 is 0 Å². The molecule has 0 aliphatic carbocycles. The van der Waals surface area contributed by atoms with Crippen molar-refractivity contribution in [3.63, 3.8) is 0 Å². The Labute approximate surface area is 158 Å². The molecule has 10 nitrogen and oxygen atoms in total. The minimum Gasteiger partial charge on any atom is -0.490 e.